The largest absolute Gasteiger partial charge is 0.481 e. The van der Waals surface area contributed by atoms with Gasteiger partial charge in [0, 0.05) is 25.6 Å². The Hall–Kier alpha value is -0.610. The first-order chi connectivity index (χ1) is 5.76. The molecule has 2 heterocycles. The van der Waals surface area contributed by atoms with Crippen molar-refractivity contribution < 1.29 is 9.90 Å². The second-order valence-corrected chi connectivity index (χ2v) is 3.74. The van der Waals surface area contributed by atoms with E-state index in [4.69, 9.17) is 5.11 Å². The van der Waals surface area contributed by atoms with Crippen molar-refractivity contribution in [3.8, 4) is 0 Å². The van der Waals surface area contributed by atoms with Gasteiger partial charge in [-0.3, -0.25) is 4.79 Å². The molecule has 2 atom stereocenters. The average molecular weight is 170 g/mol. The van der Waals surface area contributed by atoms with Crippen LogP contribution in [0.25, 0.3) is 0 Å². The number of rotatable bonds is 1. The highest BCUT2D eigenvalue weighted by Gasteiger charge is 2.50. The zero-order valence-electron chi connectivity index (χ0n) is 6.97. The molecule has 4 heteroatoms. The van der Waals surface area contributed by atoms with E-state index >= 15 is 0 Å². The van der Waals surface area contributed by atoms with Crippen LogP contribution in [0.15, 0.2) is 0 Å². The molecule has 2 rings (SSSR count). The van der Waals surface area contributed by atoms with Gasteiger partial charge < -0.3 is 15.7 Å². The van der Waals surface area contributed by atoms with Crippen molar-refractivity contribution in [1.29, 1.82) is 0 Å². The third-order valence-corrected chi connectivity index (χ3v) is 3.18. The van der Waals surface area contributed by atoms with Gasteiger partial charge >= 0.3 is 5.97 Å². The highest BCUT2D eigenvalue weighted by molar-refractivity contribution is 5.76. The number of carboxylic acid groups (broad SMARTS) is 1. The van der Waals surface area contributed by atoms with Crippen molar-refractivity contribution in [2.45, 2.75) is 6.42 Å². The Kier molecular flexibility index (Phi) is 1.81. The molecule has 0 aromatic heterocycles. The van der Waals surface area contributed by atoms with E-state index < -0.39 is 11.4 Å². The number of carboxylic acids is 1. The van der Waals surface area contributed by atoms with Crippen molar-refractivity contribution in [2.75, 3.05) is 26.2 Å². The summed E-state index contributed by atoms with van der Waals surface area (Å²) in [6, 6.07) is 0. The molecule has 0 amide bonds. The molecule has 0 bridgehead atoms. The van der Waals surface area contributed by atoms with Crippen LogP contribution in [0, 0.1) is 11.3 Å². The molecule has 0 aromatic carbocycles. The molecule has 2 aliphatic heterocycles. The van der Waals surface area contributed by atoms with E-state index in [2.05, 4.69) is 10.6 Å². The molecule has 4 nitrogen and oxygen atoms in total. The number of nitrogens with one attached hydrogen (secondary N) is 2. The molecule has 0 aromatic rings. The molecule has 0 spiro atoms. The lowest BCUT2D eigenvalue weighted by molar-refractivity contribution is -0.151. The van der Waals surface area contributed by atoms with Crippen LogP contribution in [0.3, 0.4) is 0 Å². The third-order valence-electron chi connectivity index (χ3n) is 3.18. The SMILES string of the molecule is O=C(O)[C@@]12CCNC[C@@H]1CNC2. The van der Waals surface area contributed by atoms with Gasteiger partial charge in [-0.2, -0.15) is 0 Å². The van der Waals surface area contributed by atoms with Gasteiger partial charge in [-0.15, -0.1) is 0 Å². The standard InChI is InChI=1S/C8H14N2O2/c11-7(12)8-1-2-9-3-6(8)4-10-5-8/h6,9-10H,1-5H2,(H,11,12)/t6-,8-/m1/s1. The van der Waals surface area contributed by atoms with Crippen LogP contribution in [0.1, 0.15) is 6.42 Å². The van der Waals surface area contributed by atoms with Crippen LogP contribution in [-0.4, -0.2) is 37.3 Å². The Morgan fingerprint density at radius 3 is 2.83 bits per heavy atom. The Balaban J connectivity index is 2.23. The third kappa shape index (κ3) is 0.949. The topological polar surface area (TPSA) is 61.4 Å². The second kappa shape index (κ2) is 2.71. The van der Waals surface area contributed by atoms with Gasteiger partial charge in [0.1, 0.15) is 0 Å². The van der Waals surface area contributed by atoms with E-state index in [1.807, 2.05) is 0 Å². The van der Waals surface area contributed by atoms with Crippen molar-refractivity contribution in [3.05, 3.63) is 0 Å². The molecular weight excluding hydrogens is 156 g/mol. The molecule has 2 aliphatic rings. The zero-order valence-corrected chi connectivity index (χ0v) is 6.97. The first kappa shape index (κ1) is 8.01. The lowest BCUT2D eigenvalue weighted by Gasteiger charge is -2.34. The van der Waals surface area contributed by atoms with Crippen molar-refractivity contribution in [1.82, 2.24) is 10.6 Å². The minimum absolute atomic E-state index is 0.281. The predicted molar refractivity (Wildman–Crippen MR) is 43.9 cm³/mol. The Bertz CT molecular complexity index is 207. The minimum atomic E-state index is -0.626. The van der Waals surface area contributed by atoms with E-state index in [0.29, 0.717) is 6.54 Å². The Morgan fingerprint density at radius 2 is 2.17 bits per heavy atom. The monoisotopic (exact) mass is 170 g/mol. The Morgan fingerprint density at radius 1 is 1.42 bits per heavy atom. The highest BCUT2D eigenvalue weighted by atomic mass is 16.4. The maximum absolute atomic E-state index is 11.1. The predicted octanol–water partition coefficient (Wildman–Crippen LogP) is -0.730. The fraction of sp³-hybridized carbons (Fsp3) is 0.875. The molecule has 68 valence electrons. The fourth-order valence-corrected chi connectivity index (χ4v) is 2.31. The molecule has 0 aliphatic carbocycles. The summed E-state index contributed by atoms with van der Waals surface area (Å²) in [6.45, 7) is 3.18. The average Bonchev–Trinajstić information content (AvgIpc) is 2.48. The molecule has 2 saturated heterocycles. The normalized spacial score (nSPS) is 40.8. The van der Waals surface area contributed by atoms with E-state index in [0.717, 1.165) is 26.1 Å². The van der Waals surface area contributed by atoms with Gasteiger partial charge in [-0.05, 0) is 13.0 Å². The maximum Gasteiger partial charge on any atom is 0.311 e. The van der Waals surface area contributed by atoms with Crippen LogP contribution in [0.2, 0.25) is 0 Å². The minimum Gasteiger partial charge on any atom is -0.481 e. The molecule has 0 unspecified atom stereocenters. The van der Waals surface area contributed by atoms with Crippen LogP contribution in [0.5, 0.6) is 0 Å². The summed E-state index contributed by atoms with van der Waals surface area (Å²) < 4.78 is 0. The quantitative estimate of drug-likeness (QED) is 0.485. The number of carbonyl (C=O) groups is 1. The lowest BCUT2D eigenvalue weighted by Crippen LogP contribution is -2.49. The van der Waals surface area contributed by atoms with Gasteiger partial charge in [0.25, 0.3) is 0 Å². The van der Waals surface area contributed by atoms with Crippen molar-refractivity contribution in [3.63, 3.8) is 0 Å². The Labute approximate surface area is 71.3 Å². The highest BCUT2D eigenvalue weighted by Crippen LogP contribution is 2.36. The van der Waals surface area contributed by atoms with Crippen LogP contribution >= 0.6 is 0 Å². The molecule has 12 heavy (non-hydrogen) atoms. The summed E-state index contributed by atoms with van der Waals surface area (Å²) in [4.78, 5) is 11.1. The summed E-state index contributed by atoms with van der Waals surface area (Å²) >= 11 is 0. The van der Waals surface area contributed by atoms with E-state index in [1.54, 1.807) is 0 Å². The molecule has 3 N–H and O–H groups in total. The number of fused-ring (bicyclic) bond motifs is 1. The molecular formula is C8H14N2O2. The first-order valence-electron chi connectivity index (χ1n) is 4.40. The van der Waals surface area contributed by atoms with Gasteiger partial charge in [-0.25, -0.2) is 0 Å². The van der Waals surface area contributed by atoms with Gasteiger partial charge in [0.15, 0.2) is 0 Å². The molecule has 0 saturated carbocycles. The van der Waals surface area contributed by atoms with Gasteiger partial charge in [0.05, 0.1) is 5.41 Å². The number of piperidine rings is 1. The summed E-state index contributed by atoms with van der Waals surface area (Å²) in [5.41, 5.74) is -0.467. The number of hydrogen-bond donors (Lipinski definition) is 3. The zero-order chi connectivity index (χ0) is 8.60. The maximum atomic E-state index is 11.1. The van der Waals surface area contributed by atoms with E-state index in [1.165, 1.54) is 0 Å². The van der Waals surface area contributed by atoms with Crippen LogP contribution in [-0.2, 0) is 4.79 Å². The first-order valence-corrected chi connectivity index (χ1v) is 4.40. The van der Waals surface area contributed by atoms with E-state index in [9.17, 15) is 4.79 Å². The van der Waals surface area contributed by atoms with Crippen LogP contribution < -0.4 is 10.6 Å². The van der Waals surface area contributed by atoms with Crippen molar-refractivity contribution in [2.24, 2.45) is 11.3 Å². The number of aliphatic carboxylic acids is 1. The molecule has 2 fully saturated rings. The number of hydrogen-bond acceptors (Lipinski definition) is 3. The van der Waals surface area contributed by atoms with Gasteiger partial charge in [-0.1, -0.05) is 0 Å². The summed E-state index contributed by atoms with van der Waals surface area (Å²) in [5, 5.41) is 15.5. The van der Waals surface area contributed by atoms with Crippen molar-refractivity contribution >= 4 is 5.97 Å². The van der Waals surface area contributed by atoms with E-state index in [-0.39, 0.29) is 5.92 Å². The summed E-state index contributed by atoms with van der Waals surface area (Å²) in [7, 11) is 0. The smallest absolute Gasteiger partial charge is 0.311 e. The molecule has 0 radical (unpaired) electrons. The second-order valence-electron chi connectivity index (χ2n) is 3.74. The fourth-order valence-electron chi connectivity index (χ4n) is 2.31. The lowest BCUT2D eigenvalue weighted by atomic mass is 9.73. The summed E-state index contributed by atoms with van der Waals surface area (Å²) in [6.07, 6.45) is 0.764. The van der Waals surface area contributed by atoms with Gasteiger partial charge in [0.2, 0.25) is 0 Å². The summed E-state index contributed by atoms with van der Waals surface area (Å²) in [5.74, 6) is -0.345. The van der Waals surface area contributed by atoms with Crippen LogP contribution in [0.4, 0.5) is 0 Å².